The zero-order valence-electron chi connectivity index (χ0n) is 17.5. The third kappa shape index (κ3) is 4.70. The van der Waals surface area contributed by atoms with Gasteiger partial charge in [-0.25, -0.2) is 14.2 Å². The van der Waals surface area contributed by atoms with Crippen LogP contribution in [-0.4, -0.2) is 18.1 Å². The Balaban J connectivity index is 1.38. The van der Waals surface area contributed by atoms with Crippen molar-refractivity contribution < 1.29 is 23.1 Å². The van der Waals surface area contributed by atoms with Crippen LogP contribution in [0.1, 0.15) is 23.2 Å². The van der Waals surface area contributed by atoms with Crippen LogP contribution in [0, 0.1) is 12.7 Å². The minimum Gasteiger partial charge on any atom is -0.497 e. The predicted octanol–water partition coefficient (Wildman–Crippen LogP) is 5.05. The van der Waals surface area contributed by atoms with E-state index in [2.05, 4.69) is 4.98 Å². The van der Waals surface area contributed by atoms with Gasteiger partial charge in [0.05, 0.1) is 12.8 Å². The van der Waals surface area contributed by atoms with Crippen LogP contribution in [0.25, 0.3) is 21.5 Å². The lowest BCUT2D eigenvalue weighted by molar-refractivity contribution is -0.145. The van der Waals surface area contributed by atoms with Gasteiger partial charge >= 0.3 is 11.6 Å². The van der Waals surface area contributed by atoms with Crippen LogP contribution < -0.4 is 10.4 Å². The summed E-state index contributed by atoms with van der Waals surface area (Å²) in [6, 6.07) is 11.3. The molecule has 32 heavy (non-hydrogen) atoms. The Morgan fingerprint density at radius 3 is 2.72 bits per heavy atom. The fourth-order valence-corrected chi connectivity index (χ4v) is 4.15. The van der Waals surface area contributed by atoms with E-state index in [9.17, 15) is 14.0 Å². The second-order valence-electron chi connectivity index (χ2n) is 7.17. The van der Waals surface area contributed by atoms with Crippen molar-refractivity contribution in [2.45, 2.75) is 26.4 Å². The summed E-state index contributed by atoms with van der Waals surface area (Å²) in [7, 11) is 1.54. The maximum atomic E-state index is 13.1. The smallest absolute Gasteiger partial charge is 0.339 e. The van der Waals surface area contributed by atoms with Crippen molar-refractivity contribution >= 4 is 28.3 Å². The highest BCUT2D eigenvalue weighted by Gasteiger charge is 2.15. The van der Waals surface area contributed by atoms with E-state index in [1.165, 1.54) is 23.5 Å². The molecule has 2 aromatic carbocycles. The number of nitrogens with zero attached hydrogens (tertiary/aromatic N) is 1. The normalized spacial score (nSPS) is 11.0. The van der Waals surface area contributed by atoms with Crippen LogP contribution in [0.5, 0.6) is 5.75 Å². The second-order valence-corrected chi connectivity index (χ2v) is 8.02. The van der Waals surface area contributed by atoms with Crippen molar-refractivity contribution in [3.05, 3.63) is 80.9 Å². The molecule has 0 fully saturated rings. The lowest BCUT2D eigenvalue weighted by Gasteiger charge is -2.09. The third-order valence-electron chi connectivity index (χ3n) is 5.10. The number of carbonyl (C=O) groups excluding carboxylic acids is 1. The van der Waals surface area contributed by atoms with Crippen molar-refractivity contribution in [3.63, 3.8) is 0 Å². The molecule has 0 saturated carbocycles. The van der Waals surface area contributed by atoms with Crippen molar-refractivity contribution in [3.8, 4) is 16.3 Å². The first-order valence-corrected chi connectivity index (χ1v) is 10.8. The van der Waals surface area contributed by atoms with Gasteiger partial charge in [0, 0.05) is 34.4 Å². The van der Waals surface area contributed by atoms with Crippen molar-refractivity contribution in [1.29, 1.82) is 0 Å². The molecule has 4 rings (SSSR count). The number of hydrogen-bond acceptors (Lipinski definition) is 7. The Morgan fingerprint density at radius 2 is 1.97 bits per heavy atom. The van der Waals surface area contributed by atoms with Crippen LogP contribution in [0.4, 0.5) is 4.39 Å². The number of fused-ring (bicyclic) bond motifs is 1. The number of thiazole rings is 1. The van der Waals surface area contributed by atoms with Crippen LogP contribution in [0.2, 0.25) is 0 Å². The molecule has 0 saturated heterocycles. The third-order valence-corrected chi connectivity index (χ3v) is 6.04. The number of hydrogen-bond donors (Lipinski definition) is 0. The van der Waals surface area contributed by atoms with Gasteiger partial charge in [0.1, 0.15) is 28.8 Å². The molecule has 6 nitrogen and oxygen atoms in total. The fourth-order valence-electron chi connectivity index (χ4n) is 3.34. The first-order chi connectivity index (χ1) is 15.4. The molecule has 8 heteroatoms. The highest BCUT2D eigenvalue weighted by atomic mass is 32.1. The van der Waals surface area contributed by atoms with Gasteiger partial charge < -0.3 is 13.9 Å². The molecule has 2 heterocycles. The molecular weight excluding hydrogens is 433 g/mol. The zero-order valence-corrected chi connectivity index (χ0v) is 18.3. The molecule has 4 aromatic rings. The number of rotatable bonds is 7. The van der Waals surface area contributed by atoms with Crippen LogP contribution in [0.3, 0.4) is 0 Å². The Labute approximate surface area is 187 Å². The monoisotopic (exact) mass is 453 g/mol. The number of halogens is 1. The molecule has 0 bridgehead atoms. The van der Waals surface area contributed by atoms with E-state index in [0.717, 1.165) is 21.5 Å². The van der Waals surface area contributed by atoms with Gasteiger partial charge in [-0.05, 0) is 55.3 Å². The van der Waals surface area contributed by atoms with Gasteiger partial charge in [0.25, 0.3) is 0 Å². The number of aromatic nitrogens is 1. The highest BCUT2D eigenvalue weighted by Crippen LogP contribution is 2.25. The van der Waals surface area contributed by atoms with E-state index in [0.29, 0.717) is 22.6 Å². The van der Waals surface area contributed by atoms with E-state index in [-0.39, 0.29) is 25.3 Å². The summed E-state index contributed by atoms with van der Waals surface area (Å²) in [5.41, 5.74) is 2.60. The summed E-state index contributed by atoms with van der Waals surface area (Å²) >= 11 is 1.39. The van der Waals surface area contributed by atoms with Gasteiger partial charge in [-0.3, -0.25) is 4.79 Å². The standard InChI is InChI=1S/C24H20FNO5S/c1-14-19-8-7-18(29-2)11-21(19)31-24(28)20(14)9-10-22(27)30-12-17-13-32-23(26-17)15-3-5-16(25)6-4-15/h3-8,11,13H,9-10,12H2,1-2H3. The van der Waals surface area contributed by atoms with Crippen LogP contribution in [0.15, 0.2) is 57.1 Å². The van der Waals surface area contributed by atoms with Crippen LogP contribution >= 0.6 is 11.3 Å². The number of ether oxygens (including phenoxy) is 2. The summed E-state index contributed by atoms with van der Waals surface area (Å²) in [5.74, 6) is -0.147. The molecule has 0 aliphatic rings. The average Bonchev–Trinajstić information content (AvgIpc) is 3.26. The topological polar surface area (TPSA) is 78.6 Å². The summed E-state index contributed by atoms with van der Waals surface area (Å²) in [5, 5.41) is 3.31. The van der Waals surface area contributed by atoms with Gasteiger partial charge in [-0.15, -0.1) is 11.3 Å². The molecule has 0 spiro atoms. The van der Waals surface area contributed by atoms with E-state index in [1.54, 1.807) is 36.8 Å². The summed E-state index contributed by atoms with van der Waals surface area (Å²) in [6.07, 6.45) is 0.259. The predicted molar refractivity (Wildman–Crippen MR) is 119 cm³/mol. The first-order valence-electron chi connectivity index (χ1n) is 9.91. The molecule has 0 unspecified atom stereocenters. The average molecular weight is 453 g/mol. The minimum absolute atomic E-state index is 0.0294. The summed E-state index contributed by atoms with van der Waals surface area (Å²) < 4.78 is 29.0. The number of esters is 1. The van der Waals surface area contributed by atoms with Crippen molar-refractivity contribution in [1.82, 2.24) is 4.98 Å². The van der Waals surface area contributed by atoms with E-state index in [1.807, 2.05) is 13.0 Å². The van der Waals surface area contributed by atoms with E-state index in [4.69, 9.17) is 13.9 Å². The zero-order chi connectivity index (χ0) is 22.7. The highest BCUT2D eigenvalue weighted by molar-refractivity contribution is 7.13. The van der Waals surface area contributed by atoms with Gasteiger partial charge in [0.2, 0.25) is 0 Å². The van der Waals surface area contributed by atoms with Crippen molar-refractivity contribution in [2.24, 2.45) is 0 Å². The maximum Gasteiger partial charge on any atom is 0.339 e. The molecule has 164 valence electrons. The van der Waals surface area contributed by atoms with E-state index >= 15 is 0 Å². The van der Waals surface area contributed by atoms with E-state index < -0.39 is 11.6 Å². The molecule has 0 aliphatic heterocycles. The fraction of sp³-hybridized carbons (Fsp3) is 0.208. The molecule has 0 amide bonds. The second kappa shape index (κ2) is 9.32. The van der Waals surface area contributed by atoms with Gasteiger partial charge in [-0.1, -0.05) is 0 Å². The minimum atomic E-state index is -0.473. The Kier molecular flexibility index (Phi) is 6.32. The Hall–Kier alpha value is -3.52. The first kappa shape index (κ1) is 21.7. The SMILES string of the molecule is COc1ccc2c(C)c(CCC(=O)OCc3csc(-c4ccc(F)cc4)n3)c(=O)oc2c1. The molecular formula is C24H20FNO5S. The number of benzene rings is 2. The lowest BCUT2D eigenvalue weighted by atomic mass is 10.0. The summed E-state index contributed by atoms with van der Waals surface area (Å²) in [6.45, 7) is 1.86. The molecule has 0 radical (unpaired) electrons. The number of methoxy groups -OCH3 is 1. The number of carbonyl (C=O) groups is 1. The molecule has 0 aliphatic carbocycles. The molecule has 0 N–H and O–H groups in total. The van der Waals surface area contributed by atoms with Crippen molar-refractivity contribution in [2.75, 3.05) is 7.11 Å². The molecule has 2 aromatic heterocycles. The Morgan fingerprint density at radius 1 is 1.19 bits per heavy atom. The Bertz CT molecular complexity index is 1330. The van der Waals surface area contributed by atoms with Gasteiger partial charge in [0.15, 0.2) is 0 Å². The summed E-state index contributed by atoms with van der Waals surface area (Å²) in [4.78, 5) is 29.1. The van der Waals surface area contributed by atoms with Crippen LogP contribution in [-0.2, 0) is 22.6 Å². The number of aryl methyl sites for hydroxylation is 1. The molecule has 0 atom stereocenters. The lowest BCUT2D eigenvalue weighted by Crippen LogP contribution is -2.14. The van der Waals surface area contributed by atoms with Gasteiger partial charge in [-0.2, -0.15) is 0 Å². The maximum absolute atomic E-state index is 13.1. The quantitative estimate of drug-likeness (QED) is 0.288. The largest absolute Gasteiger partial charge is 0.497 e.